The Balaban J connectivity index is 1.91. The molecule has 1 N–H and O–H groups in total. The van der Waals surface area contributed by atoms with Crippen molar-refractivity contribution in [2.75, 3.05) is 20.8 Å². The molecule has 0 bridgehead atoms. The van der Waals surface area contributed by atoms with Crippen molar-refractivity contribution in [3.05, 3.63) is 59.5 Å². The van der Waals surface area contributed by atoms with Gasteiger partial charge in [0.2, 0.25) is 5.91 Å². The molecular weight excluding hydrogens is 390 g/mol. The number of hydrogen-bond acceptors (Lipinski definition) is 4. The molecule has 0 saturated carbocycles. The number of nitrogens with zero attached hydrogens (tertiary/aromatic N) is 2. The lowest BCUT2D eigenvalue weighted by molar-refractivity contribution is -0.121. The molecule has 166 valence electrons. The summed E-state index contributed by atoms with van der Waals surface area (Å²) >= 11 is 0. The highest BCUT2D eigenvalue weighted by Crippen LogP contribution is 2.34. The zero-order valence-corrected chi connectivity index (χ0v) is 19.0. The Kier molecular flexibility index (Phi) is 7.93. The normalized spacial score (nSPS) is 12.0. The molecule has 0 unspecified atom stereocenters. The van der Waals surface area contributed by atoms with Gasteiger partial charge in [0.05, 0.1) is 19.9 Å². The summed E-state index contributed by atoms with van der Waals surface area (Å²) in [7, 11) is 3.27. The molecule has 2 aromatic heterocycles. The molecule has 0 aliphatic carbocycles. The van der Waals surface area contributed by atoms with E-state index in [2.05, 4.69) is 27.7 Å². The van der Waals surface area contributed by atoms with E-state index in [-0.39, 0.29) is 11.8 Å². The Bertz CT molecular complexity index is 990. The molecule has 0 aliphatic heterocycles. The largest absolute Gasteiger partial charge is 0.497 e. The Hall–Kier alpha value is -3.02. The highest BCUT2D eigenvalue weighted by atomic mass is 16.5. The van der Waals surface area contributed by atoms with Gasteiger partial charge in [-0.2, -0.15) is 0 Å². The number of hydrogen-bond donors (Lipinski definition) is 1. The third-order valence-corrected chi connectivity index (χ3v) is 5.57. The molecule has 0 aliphatic rings. The SMILES string of the molecule is CCCCCCNC(=O)C[C@H](c1cc(OC)cc(OC)c1)c1cnc2cc(C)ccn12. The van der Waals surface area contributed by atoms with Gasteiger partial charge in [0.1, 0.15) is 17.1 Å². The topological polar surface area (TPSA) is 64.9 Å². The maximum absolute atomic E-state index is 12.9. The lowest BCUT2D eigenvalue weighted by Crippen LogP contribution is -2.26. The molecule has 3 rings (SSSR count). The summed E-state index contributed by atoms with van der Waals surface area (Å²) < 4.78 is 13.0. The van der Waals surface area contributed by atoms with Crippen LogP contribution in [-0.2, 0) is 4.79 Å². The van der Waals surface area contributed by atoms with Crippen LogP contribution in [0.4, 0.5) is 0 Å². The van der Waals surface area contributed by atoms with Crippen LogP contribution in [0.1, 0.15) is 61.8 Å². The molecular formula is C25H33N3O3. The second-order valence-corrected chi connectivity index (χ2v) is 7.93. The van der Waals surface area contributed by atoms with Gasteiger partial charge in [-0.3, -0.25) is 4.79 Å². The fraction of sp³-hybridized carbons (Fsp3) is 0.440. The van der Waals surface area contributed by atoms with Gasteiger partial charge in [-0.1, -0.05) is 26.2 Å². The molecule has 0 saturated heterocycles. The van der Waals surface area contributed by atoms with E-state index in [1.807, 2.05) is 43.6 Å². The predicted octanol–water partition coefficient (Wildman–Crippen LogP) is 4.88. The average molecular weight is 424 g/mol. The Morgan fingerprint density at radius 2 is 1.84 bits per heavy atom. The van der Waals surface area contributed by atoms with Crippen LogP contribution in [0.2, 0.25) is 0 Å². The minimum atomic E-state index is -0.183. The van der Waals surface area contributed by atoms with Crippen LogP contribution >= 0.6 is 0 Å². The zero-order valence-electron chi connectivity index (χ0n) is 19.0. The van der Waals surface area contributed by atoms with Gasteiger partial charge in [-0.15, -0.1) is 0 Å². The van der Waals surface area contributed by atoms with Gasteiger partial charge in [0.25, 0.3) is 0 Å². The monoisotopic (exact) mass is 423 g/mol. The molecule has 0 spiro atoms. The molecule has 6 heteroatoms. The predicted molar refractivity (Wildman–Crippen MR) is 123 cm³/mol. The molecule has 1 amide bonds. The summed E-state index contributed by atoms with van der Waals surface area (Å²) in [5.74, 6) is 1.25. The Morgan fingerprint density at radius 3 is 2.52 bits per heavy atom. The molecule has 0 fully saturated rings. The molecule has 3 aromatic rings. The Labute approximate surface area is 184 Å². The number of benzene rings is 1. The van der Waals surface area contributed by atoms with Gasteiger partial charge in [-0.05, 0) is 48.7 Å². The van der Waals surface area contributed by atoms with Crippen molar-refractivity contribution in [1.82, 2.24) is 14.7 Å². The third-order valence-electron chi connectivity index (χ3n) is 5.57. The standard InChI is InChI=1S/C25H33N3O3/c1-5-6-7-8-10-26-25(29)16-22(19-13-20(30-3)15-21(14-19)31-4)23-17-27-24-12-18(2)9-11-28(23)24/h9,11-15,17,22H,5-8,10,16H2,1-4H3,(H,26,29)/t22-/m1/s1. The highest BCUT2D eigenvalue weighted by Gasteiger charge is 2.23. The first kappa shape index (κ1) is 22.7. The zero-order chi connectivity index (χ0) is 22.2. The summed E-state index contributed by atoms with van der Waals surface area (Å²) in [6, 6.07) is 9.87. The summed E-state index contributed by atoms with van der Waals surface area (Å²) in [5, 5.41) is 3.09. The van der Waals surface area contributed by atoms with Crippen LogP contribution in [-0.4, -0.2) is 36.1 Å². The second kappa shape index (κ2) is 10.8. The highest BCUT2D eigenvalue weighted by molar-refractivity contribution is 5.77. The van der Waals surface area contributed by atoms with E-state index in [1.165, 1.54) is 12.8 Å². The number of methoxy groups -OCH3 is 2. The van der Waals surface area contributed by atoms with Gasteiger partial charge >= 0.3 is 0 Å². The molecule has 1 aromatic carbocycles. The number of aromatic nitrogens is 2. The number of fused-ring (bicyclic) bond motifs is 1. The quantitative estimate of drug-likeness (QED) is 0.447. The number of imidazole rings is 1. The summed E-state index contributed by atoms with van der Waals surface area (Å²) in [5.41, 5.74) is 3.94. The fourth-order valence-corrected chi connectivity index (χ4v) is 3.82. The summed E-state index contributed by atoms with van der Waals surface area (Å²) in [4.78, 5) is 17.4. The van der Waals surface area contributed by atoms with Crippen LogP contribution in [0.3, 0.4) is 0 Å². The fourth-order valence-electron chi connectivity index (χ4n) is 3.82. The number of rotatable bonds is 11. The van der Waals surface area contributed by atoms with E-state index in [0.717, 1.165) is 35.3 Å². The van der Waals surface area contributed by atoms with Crippen molar-refractivity contribution in [3.8, 4) is 11.5 Å². The van der Waals surface area contributed by atoms with Crippen molar-refractivity contribution in [1.29, 1.82) is 0 Å². The van der Waals surface area contributed by atoms with Crippen molar-refractivity contribution >= 4 is 11.6 Å². The van der Waals surface area contributed by atoms with Gasteiger partial charge < -0.3 is 19.2 Å². The third kappa shape index (κ3) is 5.78. The minimum absolute atomic E-state index is 0.0327. The van der Waals surface area contributed by atoms with Gasteiger partial charge in [0.15, 0.2) is 0 Å². The number of carbonyl (C=O) groups is 1. The first-order chi connectivity index (χ1) is 15.0. The number of ether oxygens (including phenoxy) is 2. The average Bonchev–Trinajstić information content (AvgIpc) is 3.19. The van der Waals surface area contributed by atoms with E-state index < -0.39 is 0 Å². The summed E-state index contributed by atoms with van der Waals surface area (Å²) in [6.45, 7) is 4.94. The van der Waals surface area contributed by atoms with Crippen LogP contribution < -0.4 is 14.8 Å². The van der Waals surface area contributed by atoms with Crippen LogP contribution in [0.15, 0.2) is 42.7 Å². The molecule has 6 nitrogen and oxygen atoms in total. The van der Waals surface area contributed by atoms with Crippen molar-refractivity contribution in [2.24, 2.45) is 0 Å². The summed E-state index contributed by atoms with van der Waals surface area (Å²) in [6.07, 6.45) is 8.72. The van der Waals surface area contributed by atoms with E-state index in [9.17, 15) is 4.79 Å². The van der Waals surface area contributed by atoms with E-state index in [4.69, 9.17) is 9.47 Å². The lowest BCUT2D eigenvalue weighted by Gasteiger charge is -2.19. The number of pyridine rings is 1. The first-order valence-corrected chi connectivity index (χ1v) is 11.0. The lowest BCUT2D eigenvalue weighted by atomic mass is 9.91. The van der Waals surface area contributed by atoms with Crippen molar-refractivity contribution < 1.29 is 14.3 Å². The molecule has 0 radical (unpaired) electrons. The van der Waals surface area contributed by atoms with E-state index >= 15 is 0 Å². The van der Waals surface area contributed by atoms with Crippen molar-refractivity contribution in [2.45, 2.75) is 51.9 Å². The number of amides is 1. The maximum atomic E-state index is 12.9. The molecule has 1 atom stereocenters. The van der Waals surface area contributed by atoms with Crippen LogP contribution in [0.5, 0.6) is 11.5 Å². The van der Waals surface area contributed by atoms with Crippen molar-refractivity contribution in [3.63, 3.8) is 0 Å². The Morgan fingerprint density at radius 1 is 1.10 bits per heavy atom. The number of carbonyl (C=O) groups excluding carboxylic acids is 1. The van der Waals surface area contributed by atoms with E-state index in [0.29, 0.717) is 24.5 Å². The van der Waals surface area contributed by atoms with E-state index in [1.54, 1.807) is 14.2 Å². The number of nitrogens with one attached hydrogen (secondary N) is 1. The van der Waals surface area contributed by atoms with Gasteiger partial charge in [0, 0.05) is 37.3 Å². The minimum Gasteiger partial charge on any atom is -0.497 e. The van der Waals surface area contributed by atoms with Gasteiger partial charge in [-0.25, -0.2) is 4.98 Å². The molecule has 31 heavy (non-hydrogen) atoms. The van der Waals surface area contributed by atoms with Crippen LogP contribution in [0, 0.1) is 6.92 Å². The maximum Gasteiger partial charge on any atom is 0.221 e. The van der Waals surface area contributed by atoms with Crippen LogP contribution in [0.25, 0.3) is 5.65 Å². The number of unbranched alkanes of at least 4 members (excludes halogenated alkanes) is 3. The first-order valence-electron chi connectivity index (χ1n) is 11.0. The second-order valence-electron chi connectivity index (χ2n) is 7.93. The number of aryl methyl sites for hydroxylation is 1. The smallest absolute Gasteiger partial charge is 0.221 e. The molecule has 2 heterocycles.